The molecular formula is C104H103B4NO5. The van der Waals surface area contributed by atoms with Gasteiger partial charge in [0, 0.05) is 40.5 Å². The zero-order valence-corrected chi connectivity index (χ0v) is 69.4. The van der Waals surface area contributed by atoms with E-state index in [1.54, 1.807) is 0 Å². The third-order valence-electron chi connectivity index (χ3n) is 20.8. The summed E-state index contributed by atoms with van der Waals surface area (Å²) in [7, 11) is 29.2. The largest absolute Gasteiger partial charge is 0.456 e. The Morgan fingerprint density at radius 3 is 1.14 bits per heavy atom. The summed E-state index contributed by atoms with van der Waals surface area (Å²) >= 11 is 0. The molecule has 0 saturated carbocycles. The summed E-state index contributed by atoms with van der Waals surface area (Å²) in [6.07, 6.45) is 8.99. The van der Waals surface area contributed by atoms with Gasteiger partial charge in [-0.15, -0.1) is 0 Å². The lowest BCUT2D eigenvalue weighted by Crippen LogP contribution is -2.31. The van der Waals surface area contributed by atoms with Gasteiger partial charge in [0.2, 0.25) is 0 Å². The van der Waals surface area contributed by atoms with E-state index in [0.29, 0.717) is 0 Å². The molecule has 0 spiro atoms. The van der Waals surface area contributed by atoms with Gasteiger partial charge >= 0.3 is 0 Å². The van der Waals surface area contributed by atoms with E-state index >= 15 is 0 Å². The van der Waals surface area contributed by atoms with Crippen molar-refractivity contribution in [3.05, 3.63) is 335 Å². The predicted octanol–water partition coefficient (Wildman–Crippen LogP) is 26.6. The van der Waals surface area contributed by atoms with Crippen LogP contribution in [0.3, 0.4) is 0 Å². The van der Waals surface area contributed by atoms with Crippen molar-refractivity contribution in [2.75, 3.05) is 11.9 Å². The maximum atomic E-state index is 6.82. The van der Waals surface area contributed by atoms with Crippen LogP contribution in [0.2, 0.25) is 0 Å². The molecule has 0 aromatic heterocycles. The summed E-state index contributed by atoms with van der Waals surface area (Å²) in [5.74, 6) is 1.74. The lowest BCUT2D eigenvalue weighted by Gasteiger charge is -2.32. The fourth-order valence-corrected chi connectivity index (χ4v) is 16.7. The maximum Gasteiger partial charge on any atom is 0.135 e. The Labute approximate surface area is 682 Å². The van der Waals surface area contributed by atoms with Crippen LogP contribution in [0.1, 0.15) is 144 Å². The van der Waals surface area contributed by atoms with Crippen LogP contribution in [0.25, 0.3) is 98.7 Å². The number of ether oxygens (including phenoxy) is 5. The lowest BCUT2D eigenvalue weighted by atomic mass is 9.73. The predicted molar refractivity (Wildman–Crippen MR) is 486 cm³/mol. The second kappa shape index (κ2) is 33.9. The van der Waals surface area contributed by atoms with E-state index in [1.165, 1.54) is 93.5 Å². The minimum Gasteiger partial charge on any atom is -0.456 e. The highest BCUT2D eigenvalue weighted by atomic mass is 16.5. The topological polar surface area (TPSA) is 49.4 Å². The van der Waals surface area contributed by atoms with E-state index in [-0.39, 0.29) is 24.4 Å². The molecule has 114 heavy (non-hydrogen) atoms. The smallest absolute Gasteiger partial charge is 0.135 e. The highest BCUT2D eigenvalue weighted by Gasteiger charge is 2.34. The zero-order chi connectivity index (χ0) is 81.1. The van der Waals surface area contributed by atoms with Crippen LogP contribution >= 0.6 is 0 Å². The van der Waals surface area contributed by atoms with Gasteiger partial charge in [-0.25, -0.2) is 0 Å². The third kappa shape index (κ3) is 17.3. The molecule has 2 heterocycles. The second-order valence-corrected chi connectivity index (χ2v) is 32.7. The van der Waals surface area contributed by atoms with Crippen LogP contribution in [0.4, 0.5) is 11.4 Å². The second-order valence-electron chi connectivity index (χ2n) is 32.7. The number of fused-ring (bicyclic) bond motifs is 18. The molecule has 4 atom stereocenters. The first kappa shape index (κ1) is 81.6. The van der Waals surface area contributed by atoms with E-state index in [0.717, 1.165) is 90.2 Å². The van der Waals surface area contributed by atoms with Crippen molar-refractivity contribution < 1.29 is 23.7 Å². The molecule has 16 rings (SSSR count). The molecule has 0 bridgehead atoms. The Kier molecular flexibility index (Phi) is 24.3. The summed E-state index contributed by atoms with van der Waals surface area (Å²) in [6.45, 7) is 32.5. The summed E-state index contributed by atoms with van der Waals surface area (Å²) < 4.78 is 30.9. The van der Waals surface area contributed by atoms with Crippen LogP contribution in [-0.2, 0) is 47.4 Å². The van der Waals surface area contributed by atoms with Crippen LogP contribution < -0.4 is 9.64 Å². The van der Waals surface area contributed by atoms with E-state index in [2.05, 4.69) is 284 Å². The Morgan fingerprint density at radius 1 is 0.307 bits per heavy atom. The van der Waals surface area contributed by atoms with Crippen molar-refractivity contribution in [1.82, 2.24) is 0 Å². The standard InChI is InChI=1S/C27H28BNO.C27H27BO.C26H25BO.C24H23BO2/c1-18(2)17-27(28,30-19(3)4)20-14-15-26-24(16-20)22-11-7-6-10-21(22)23-12-8-9-13-25(23)29(26)5;1-18(2)17-27(28,29-19(3)4)22-13-14-25-23-11-7-5-9-20(23)15-21-10-6-8-12-24(21)26(25)16-22;1-17(2)16-26(27,28-18(3)4)19-13-14-24-22-11-6-5-9-20(22)21-10-7-8-12-23(21)25(24)15-19;1-15(2)14-24(25,27-16(3)4)18-11-12-21-20(13-18)19-9-5-7-17-8-6-10-22(26-21)23(17)19/h6-17,19H,1-5H3;5-14,16-17,19H,15H2,1-4H3;5-16,18H,1-4H3;5-14,16H,1-4H3. The maximum absolute atomic E-state index is 6.82. The van der Waals surface area contributed by atoms with Gasteiger partial charge in [-0.05, 0) is 276 Å². The van der Waals surface area contributed by atoms with Gasteiger partial charge in [0.05, 0.1) is 46.4 Å². The number of anilines is 2. The molecule has 3 aliphatic rings. The molecule has 0 amide bonds. The summed E-state index contributed by atoms with van der Waals surface area (Å²) in [4.78, 5) is 2.26. The van der Waals surface area contributed by atoms with Gasteiger partial charge in [0.25, 0.3) is 0 Å². The quantitative estimate of drug-likeness (QED) is 0.0546. The molecule has 1 aliphatic carbocycles. The SMILES string of the molecule is [B]C(C=C(C)C)(OC(C)C)c1ccc2c(c1)-c1cccc3cccc(c13)O2.[B]C(C=C(C)C)(OC(C)C)c1ccc2c(c1)-c1ccccc1-c1ccccc1N2C.[B]C(C=C(C)C)(OC(C)C)c1ccc2c(c1)-c1ccccc1Cc1ccccc1-2.[B]C(C=C(C)C)(OC(C)C)c1ccc2c3ccccc3c3ccccc3c2c1. The van der Waals surface area contributed by atoms with Crippen molar-refractivity contribution in [1.29, 1.82) is 0 Å². The first-order valence-corrected chi connectivity index (χ1v) is 40.0. The Bertz CT molecular complexity index is 5830. The molecule has 0 N–H and O–H groups in total. The third-order valence-corrected chi connectivity index (χ3v) is 20.8. The van der Waals surface area contributed by atoms with Crippen LogP contribution in [0.5, 0.6) is 11.5 Å². The van der Waals surface area contributed by atoms with E-state index in [4.69, 9.17) is 55.1 Å². The monoisotopic (exact) mass is 1490 g/mol. The van der Waals surface area contributed by atoms with Gasteiger partial charge in [0.1, 0.15) is 42.9 Å². The van der Waals surface area contributed by atoms with Crippen molar-refractivity contribution >= 4 is 85.8 Å². The minimum atomic E-state index is -0.979. The van der Waals surface area contributed by atoms with Crippen molar-refractivity contribution in [2.24, 2.45) is 0 Å². The first-order chi connectivity index (χ1) is 54.4. The number of hydrogen-bond donors (Lipinski definition) is 0. The van der Waals surface area contributed by atoms with E-state index in [1.807, 2.05) is 118 Å². The van der Waals surface area contributed by atoms with E-state index < -0.39 is 22.0 Å². The fraction of sp³-hybridized carbons (Fsp3) is 0.250. The van der Waals surface area contributed by atoms with Gasteiger partial charge in [-0.2, -0.15) is 0 Å². The number of rotatable bonds is 16. The molecule has 13 aromatic rings. The average molecular weight is 1490 g/mol. The molecule has 6 nitrogen and oxygen atoms in total. The van der Waals surface area contributed by atoms with Crippen molar-refractivity contribution in [3.8, 4) is 67.1 Å². The van der Waals surface area contributed by atoms with Crippen molar-refractivity contribution in [2.45, 2.75) is 164 Å². The molecule has 13 aromatic carbocycles. The molecule has 0 saturated heterocycles. The average Bonchev–Trinajstić information content (AvgIpc) is 0.814. The minimum absolute atomic E-state index is 0.00189. The molecule has 4 unspecified atom stereocenters. The van der Waals surface area contributed by atoms with Gasteiger partial charge in [0.15, 0.2) is 0 Å². The number of nitrogens with zero attached hydrogens (tertiary/aromatic N) is 1. The number of hydrogen-bond acceptors (Lipinski definition) is 6. The highest BCUT2D eigenvalue weighted by molar-refractivity contribution is 6.26. The normalized spacial score (nSPS) is 14.2. The van der Waals surface area contributed by atoms with Gasteiger partial charge < -0.3 is 28.6 Å². The van der Waals surface area contributed by atoms with Crippen LogP contribution in [0.15, 0.2) is 301 Å². The first-order valence-electron chi connectivity index (χ1n) is 40.0. The van der Waals surface area contributed by atoms with E-state index in [9.17, 15) is 0 Å². The summed E-state index contributed by atoms with van der Waals surface area (Å²) in [5.41, 5.74) is 21.5. The zero-order valence-electron chi connectivity index (χ0n) is 69.4. The Morgan fingerprint density at radius 2 is 0.649 bits per heavy atom. The molecule has 566 valence electrons. The Balaban J connectivity index is 0.000000133. The molecule has 10 heteroatoms. The van der Waals surface area contributed by atoms with Gasteiger partial charge in [-0.3, -0.25) is 0 Å². The number of benzene rings is 13. The summed E-state index contributed by atoms with van der Waals surface area (Å²) in [5, 5.41) is 9.79. The lowest BCUT2D eigenvalue weighted by molar-refractivity contribution is 0.00353. The van der Waals surface area contributed by atoms with Gasteiger partial charge in [-0.1, -0.05) is 253 Å². The van der Waals surface area contributed by atoms with Crippen molar-refractivity contribution in [3.63, 3.8) is 0 Å². The molecule has 2 aliphatic heterocycles. The molecule has 8 radical (unpaired) electrons. The molecular weight excluding hydrogens is 1390 g/mol. The molecule has 0 fully saturated rings. The number of allylic oxidation sites excluding steroid dienone is 4. The van der Waals surface area contributed by atoms with Crippen LogP contribution in [-0.4, -0.2) is 62.8 Å². The highest BCUT2D eigenvalue weighted by Crippen LogP contribution is 2.51. The number of para-hydroxylation sites is 1. The van der Waals surface area contributed by atoms with Crippen LogP contribution in [0, 0.1) is 0 Å². The fourth-order valence-electron chi connectivity index (χ4n) is 16.7. The Hall–Kier alpha value is -10.4. The summed E-state index contributed by atoms with van der Waals surface area (Å²) in [6, 6.07) is 89.7.